The van der Waals surface area contributed by atoms with E-state index in [0.29, 0.717) is 6.26 Å². The SMILES string of the molecule is CS(=O)(=O)O.Cc1ccc(COC(=O)N2CC[C@H](CNc3ccncc3)C(F)(F)C2)cc1. The van der Waals surface area contributed by atoms with Gasteiger partial charge in [-0.1, -0.05) is 29.8 Å². The van der Waals surface area contributed by atoms with Crippen LogP contribution in [0.2, 0.25) is 0 Å². The summed E-state index contributed by atoms with van der Waals surface area (Å²) in [6.45, 7) is 1.82. The molecule has 2 N–H and O–H groups in total. The highest BCUT2D eigenvalue weighted by molar-refractivity contribution is 7.85. The van der Waals surface area contributed by atoms with Gasteiger partial charge < -0.3 is 15.0 Å². The van der Waals surface area contributed by atoms with Gasteiger partial charge in [0.2, 0.25) is 0 Å². The highest BCUT2D eigenvalue weighted by Crippen LogP contribution is 2.33. The lowest BCUT2D eigenvalue weighted by molar-refractivity contribution is -0.101. The lowest BCUT2D eigenvalue weighted by Crippen LogP contribution is -2.52. The van der Waals surface area contributed by atoms with Crippen LogP contribution in [0.4, 0.5) is 19.3 Å². The first-order chi connectivity index (χ1) is 14.9. The molecule has 1 fully saturated rings. The van der Waals surface area contributed by atoms with Gasteiger partial charge in [0, 0.05) is 37.1 Å². The second-order valence-corrected chi connectivity index (χ2v) is 9.02. The van der Waals surface area contributed by atoms with Crippen LogP contribution in [0.5, 0.6) is 0 Å². The molecular formula is C21H27F2N3O5S. The minimum absolute atomic E-state index is 0.0776. The second-order valence-electron chi connectivity index (χ2n) is 7.56. The third kappa shape index (κ3) is 9.15. The van der Waals surface area contributed by atoms with Crippen molar-refractivity contribution in [2.24, 2.45) is 5.92 Å². The predicted molar refractivity (Wildman–Crippen MR) is 116 cm³/mol. The van der Waals surface area contributed by atoms with Gasteiger partial charge in [0.1, 0.15) is 6.61 Å². The summed E-state index contributed by atoms with van der Waals surface area (Å²) in [6.07, 6.45) is 3.44. The van der Waals surface area contributed by atoms with E-state index in [0.717, 1.165) is 21.7 Å². The van der Waals surface area contributed by atoms with Crippen LogP contribution < -0.4 is 5.32 Å². The number of ether oxygens (including phenoxy) is 1. The largest absolute Gasteiger partial charge is 0.445 e. The normalized spacial score (nSPS) is 17.7. The maximum absolute atomic E-state index is 14.5. The molecule has 176 valence electrons. The molecule has 2 aromatic rings. The number of hydrogen-bond acceptors (Lipinski definition) is 6. The van der Waals surface area contributed by atoms with Crippen molar-refractivity contribution < 1.29 is 31.3 Å². The van der Waals surface area contributed by atoms with E-state index in [1.807, 2.05) is 31.2 Å². The van der Waals surface area contributed by atoms with Crippen LogP contribution in [0.1, 0.15) is 17.5 Å². The van der Waals surface area contributed by atoms with E-state index in [1.165, 1.54) is 0 Å². The van der Waals surface area contributed by atoms with Crippen molar-refractivity contribution in [2.75, 3.05) is 31.2 Å². The number of hydrogen-bond donors (Lipinski definition) is 2. The summed E-state index contributed by atoms with van der Waals surface area (Å²) in [5.74, 6) is -3.81. The lowest BCUT2D eigenvalue weighted by atomic mass is 9.93. The molecule has 1 aromatic carbocycles. The number of amides is 1. The van der Waals surface area contributed by atoms with Gasteiger partial charge in [0.25, 0.3) is 16.0 Å². The number of likely N-dealkylation sites (tertiary alicyclic amines) is 1. The molecule has 0 saturated carbocycles. The molecule has 0 radical (unpaired) electrons. The molecule has 0 bridgehead atoms. The van der Waals surface area contributed by atoms with E-state index in [9.17, 15) is 22.0 Å². The van der Waals surface area contributed by atoms with E-state index in [4.69, 9.17) is 9.29 Å². The summed E-state index contributed by atoms with van der Waals surface area (Å²) >= 11 is 0. The highest BCUT2D eigenvalue weighted by Gasteiger charge is 2.46. The molecule has 1 amide bonds. The van der Waals surface area contributed by atoms with Crippen molar-refractivity contribution in [1.82, 2.24) is 9.88 Å². The average Bonchev–Trinajstić information content (AvgIpc) is 2.71. The third-order valence-electron chi connectivity index (χ3n) is 4.72. The van der Waals surface area contributed by atoms with E-state index >= 15 is 0 Å². The van der Waals surface area contributed by atoms with Crippen molar-refractivity contribution in [1.29, 1.82) is 0 Å². The zero-order valence-corrected chi connectivity index (χ0v) is 18.7. The van der Waals surface area contributed by atoms with E-state index in [2.05, 4.69) is 10.3 Å². The first-order valence-corrected chi connectivity index (χ1v) is 11.7. The number of nitrogens with zero attached hydrogens (tertiary/aromatic N) is 2. The molecule has 1 aliphatic rings. The van der Waals surface area contributed by atoms with Crippen LogP contribution in [0.25, 0.3) is 0 Å². The van der Waals surface area contributed by atoms with Crippen molar-refractivity contribution in [3.05, 3.63) is 59.9 Å². The summed E-state index contributed by atoms with van der Waals surface area (Å²) in [7, 11) is -3.67. The van der Waals surface area contributed by atoms with Gasteiger partial charge in [-0.2, -0.15) is 8.42 Å². The van der Waals surface area contributed by atoms with Crippen LogP contribution in [0.15, 0.2) is 48.8 Å². The molecule has 1 atom stereocenters. The fourth-order valence-corrected chi connectivity index (χ4v) is 3.02. The van der Waals surface area contributed by atoms with Gasteiger partial charge in [-0.15, -0.1) is 0 Å². The maximum Gasteiger partial charge on any atom is 0.410 e. The Labute approximate surface area is 186 Å². The number of benzene rings is 1. The second kappa shape index (κ2) is 11.2. The maximum atomic E-state index is 14.5. The third-order valence-corrected chi connectivity index (χ3v) is 4.72. The Bertz CT molecular complexity index is 965. The molecule has 0 aliphatic carbocycles. The fraction of sp³-hybridized carbons (Fsp3) is 0.429. The van der Waals surface area contributed by atoms with E-state index < -0.39 is 34.6 Å². The summed E-state index contributed by atoms with van der Waals surface area (Å²) in [5.41, 5.74) is 2.69. The van der Waals surface area contributed by atoms with Gasteiger partial charge in [-0.3, -0.25) is 9.54 Å². The number of piperidine rings is 1. The van der Waals surface area contributed by atoms with Gasteiger partial charge in [0.05, 0.1) is 12.8 Å². The van der Waals surface area contributed by atoms with Crippen molar-refractivity contribution in [3.8, 4) is 0 Å². The Morgan fingerprint density at radius 3 is 2.41 bits per heavy atom. The Hall–Kier alpha value is -2.79. The van der Waals surface area contributed by atoms with Crippen molar-refractivity contribution in [3.63, 3.8) is 0 Å². The molecule has 1 aromatic heterocycles. The fourth-order valence-electron chi connectivity index (χ4n) is 3.02. The van der Waals surface area contributed by atoms with Gasteiger partial charge in [-0.05, 0) is 31.0 Å². The van der Waals surface area contributed by atoms with Crippen molar-refractivity contribution >= 4 is 21.9 Å². The summed E-state index contributed by atoms with van der Waals surface area (Å²) in [4.78, 5) is 17.1. The number of rotatable bonds is 5. The van der Waals surface area contributed by atoms with Crippen LogP contribution in [-0.4, -0.2) is 60.8 Å². The minimum atomic E-state index is -3.67. The highest BCUT2D eigenvalue weighted by atomic mass is 32.2. The number of carbonyl (C=O) groups excluding carboxylic acids is 1. The number of aromatic nitrogens is 1. The van der Waals surface area contributed by atoms with Crippen LogP contribution in [0.3, 0.4) is 0 Å². The summed E-state index contributed by atoms with van der Waals surface area (Å²) in [6, 6.07) is 11.0. The van der Waals surface area contributed by atoms with E-state index in [1.54, 1.807) is 24.5 Å². The molecule has 0 unspecified atom stereocenters. The van der Waals surface area contributed by atoms with Gasteiger partial charge >= 0.3 is 6.09 Å². The molecule has 11 heteroatoms. The number of pyridine rings is 1. The average molecular weight is 472 g/mol. The van der Waals surface area contributed by atoms with Gasteiger partial charge in [-0.25, -0.2) is 13.6 Å². The summed E-state index contributed by atoms with van der Waals surface area (Å²) in [5, 5.41) is 3.01. The lowest BCUT2D eigenvalue weighted by Gasteiger charge is -2.37. The number of aryl methyl sites for hydroxylation is 1. The van der Waals surface area contributed by atoms with Crippen LogP contribution >= 0.6 is 0 Å². The summed E-state index contributed by atoms with van der Waals surface area (Å²) < 4.78 is 60.0. The number of nitrogens with one attached hydrogen (secondary N) is 1. The Morgan fingerprint density at radius 2 is 1.84 bits per heavy atom. The smallest absolute Gasteiger partial charge is 0.410 e. The number of halogens is 2. The molecule has 8 nitrogen and oxygen atoms in total. The molecule has 32 heavy (non-hydrogen) atoms. The van der Waals surface area contributed by atoms with Crippen molar-refractivity contribution in [2.45, 2.75) is 25.9 Å². The standard InChI is InChI=1S/C20H23F2N3O2.CH4O3S/c1-15-2-4-16(5-3-15)13-27-19(26)25-11-8-17(20(21,22)14-25)12-24-18-6-9-23-10-7-18;1-5(2,3)4/h2-7,9-10,17H,8,11-14H2,1H3,(H,23,24);1H3,(H,2,3,4)/t17-;/m1./s1. The zero-order valence-electron chi connectivity index (χ0n) is 17.9. The molecule has 3 rings (SSSR count). The molecule has 1 saturated heterocycles. The molecule has 0 spiro atoms. The number of carbonyl (C=O) groups is 1. The minimum Gasteiger partial charge on any atom is -0.445 e. The first kappa shape index (κ1) is 25.5. The first-order valence-electron chi connectivity index (χ1n) is 9.85. The Kier molecular flexibility index (Phi) is 8.90. The van der Waals surface area contributed by atoms with Gasteiger partial charge in [0.15, 0.2) is 0 Å². The molecular weight excluding hydrogens is 444 g/mol. The quantitative estimate of drug-likeness (QED) is 0.642. The van der Waals surface area contributed by atoms with Crippen LogP contribution in [0, 0.1) is 12.8 Å². The number of alkyl halides is 2. The Balaban J connectivity index is 0.000000654. The Morgan fingerprint density at radius 1 is 1.25 bits per heavy atom. The predicted octanol–water partition coefficient (Wildman–Crippen LogP) is 3.60. The topological polar surface area (TPSA) is 109 Å². The molecule has 2 heterocycles. The monoisotopic (exact) mass is 471 g/mol. The van der Waals surface area contributed by atoms with E-state index in [-0.39, 0.29) is 26.1 Å². The zero-order chi connectivity index (χ0) is 23.8. The number of anilines is 1. The van der Waals surface area contributed by atoms with Crippen LogP contribution in [-0.2, 0) is 21.5 Å². The molecule has 1 aliphatic heterocycles.